The molecule has 0 saturated heterocycles. The fraction of sp³-hybridized carbons (Fsp3) is 0.118. The minimum atomic E-state index is -0.181. The van der Waals surface area contributed by atoms with Gasteiger partial charge in [-0.3, -0.25) is 4.79 Å². The number of carbonyl (C=O) groups is 1. The Morgan fingerprint density at radius 2 is 1.38 bits per heavy atom. The zero-order chi connectivity index (χ0) is 17.1. The van der Waals surface area contributed by atoms with E-state index in [2.05, 4.69) is 4.89 Å². The molecule has 1 N–H and O–H groups in total. The first-order chi connectivity index (χ1) is 11.1. The van der Waals surface area contributed by atoms with E-state index in [1.165, 1.54) is 0 Å². The normalized spacial score (nSPS) is 9.29. The third kappa shape index (κ3) is 8.79. The molecule has 24 heavy (non-hydrogen) atoms. The van der Waals surface area contributed by atoms with Crippen molar-refractivity contribution in [3.05, 3.63) is 53.6 Å². The van der Waals surface area contributed by atoms with Crippen molar-refractivity contribution in [1.29, 1.82) is 0 Å². The van der Waals surface area contributed by atoms with Gasteiger partial charge in [0.15, 0.2) is 0 Å². The van der Waals surface area contributed by atoms with Crippen LogP contribution in [0.25, 0.3) is 12.2 Å². The predicted octanol–water partition coefficient (Wildman–Crippen LogP) is -0.981. The molecular formula is C17H17CsO6. The first kappa shape index (κ1) is 23.1. The largest absolute Gasteiger partial charge is 1.00 e. The van der Waals surface area contributed by atoms with Crippen molar-refractivity contribution in [3.63, 3.8) is 0 Å². The Hall–Kier alpha value is -0.938. The molecular weight excluding hydrogens is 433 g/mol. The molecule has 7 heteroatoms. The van der Waals surface area contributed by atoms with Gasteiger partial charge in [-0.2, -0.15) is 0 Å². The van der Waals surface area contributed by atoms with E-state index < -0.39 is 0 Å². The van der Waals surface area contributed by atoms with Gasteiger partial charge in [-0.1, -0.05) is 24.3 Å². The smallest absolute Gasteiger partial charge is 0.662 e. The van der Waals surface area contributed by atoms with Crippen molar-refractivity contribution in [1.82, 2.24) is 0 Å². The third-order valence-corrected chi connectivity index (χ3v) is 2.77. The number of carbonyl (C=O) groups excluding carboxylic acids is 1. The average molecular weight is 450 g/mol. The SMILES string of the molecule is COc1cc(/C=C/c2ccc(O)cc2)cc(OC)c1.O=CO[O-].[Cs+]. The van der Waals surface area contributed by atoms with Crippen LogP contribution < -0.4 is 83.6 Å². The van der Waals surface area contributed by atoms with Gasteiger partial charge in [-0.05, 0) is 35.4 Å². The Kier molecular flexibility index (Phi) is 12.8. The molecule has 0 aliphatic rings. The maximum absolute atomic E-state index is 9.22. The van der Waals surface area contributed by atoms with E-state index >= 15 is 0 Å². The van der Waals surface area contributed by atoms with Crippen LogP contribution in [-0.4, -0.2) is 25.8 Å². The Morgan fingerprint density at radius 3 is 1.79 bits per heavy atom. The molecule has 0 bridgehead atoms. The van der Waals surface area contributed by atoms with Crippen LogP contribution in [0.4, 0.5) is 0 Å². The van der Waals surface area contributed by atoms with Crippen molar-refractivity contribution in [3.8, 4) is 17.2 Å². The van der Waals surface area contributed by atoms with Gasteiger partial charge >= 0.3 is 68.9 Å². The minimum Gasteiger partial charge on any atom is -0.662 e. The van der Waals surface area contributed by atoms with E-state index in [-0.39, 0.29) is 81.1 Å². The molecule has 0 saturated carbocycles. The van der Waals surface area contributed by atoms with Crippen LogP contribution in [0.3, 0.4) is 0 Å². The van der Waals surface area contributed by atoms with E-state index in [1.807, 2.05) is 42.5 Å². The summed E-state index contributed by atoms with van der Waals surface area (Å²) in [7, 11) is 3.25. The van der Waals surface area contributed by atoms with Crippen LogP contribution in [0.15, 0.2) is 42.5 Å². The van der Waals surface area contributed by atoms with Crippen molar-refractivity contribution in [2.75, 3.05) is 14.2 Å². The molecule has 0 aliphatic carbocycles. The second-order valence-electron chi connectivity index (χ2n) is 4.26. The summed E-state index contributed by atoms with van der Waals surface area (Å²) in [5.41, 5.74) is 2.00. The Balaban J connectivity index is 0.000000954. The first-order valence-corrected chi connectivity index (χ1v) is 6.55. The molecule has 2 aromatic rings. The molecule has 0 fully saturated rings. The molecule has 122 valence electrons. The van der Waals surface area contributed by atoms with Crippen LogP contribution >= 0.6 is 0 Å². The van der Waals surface area contributed by atoms with Gasteiger partial charge < -0.3 is 24.7 Å². The molecule has 0 radical (unpaired) electrons. The summed E-state index contributed by atoms with van der Waals surface area (Å²) in [5, 5.41) is 17.7. The van der Waals surface area contributed by atoms with Gasteiger partial charge in [-0.25, -0.2) is 0 Å². The van der Waals surface area contributed by atoms with Gasteiger partial charge in [0.05, 0.1) is 14.2 Å². The molecule has 0 aliphatic heterocycles. The molecule has 6 nitrogen and oxygen atoms in total. The monoisotopic (exact) mass is 450 g/mol. The second-order valence-corrected chi connectivity index (χ2v) is 4.26. The molecule has 0 unspecified atom stereocenters. The molecule has 0 aromatic heterocycles. The summed E-state index contributed by atoms with van der Waals surface area (Å²) in [6, 6.07) is 12.7. The van der Waals surface area contributed by atoms with E-state index in [4.69, 9.17) is 19.5 Å². The molecule has 0 atom stereocenters. The van der Waals surface area contributed by atoms with Gasteiger partial charge in [-0.15, -0.1) is 0 Å². The van der Waals surface area contributed by atoms with Crippen LogP contribution in [0, 0.1) is 0 Å². The number of rotatable bonds is 5. The van der Waals surface area contributed by atoms with E-state index in [9.17, 15) is 5.11 Å². The van der Waals surface area contributed by atoms with Crippen LogP contribution in [0.5, 0.6) is 17.2 Å². The number of hydrogen-bond donors (Lipinski definition) is 1. The maximum atomic E-state index is 9.22. The summed E-state index contributed by atoms with van der Waals surface area (Å²) in [6.45, 7) is -0.181. The molecule has 0 amide bonds. The molecule has 2 aromatic carbocycles. The first-order valence-electron chi connectivity index (χ1n) is 6.55. The quantitative estimate of drug-likeness (QED) is 0.273. The number of phenolic OH excluding ortho intramolecular Hbond substituents is 1. The fourth-order valence-electron chi connectivity index (χ4n) is 1.70. The Labute approximate surface area is 199 Å². The van der Waals surface area contributed by atoms with E-state index in [0.29, 0.717) is 0 Å². The zero-order valence-corrected chi connectivity index (χ0v) is 20.0. The zero-order valence-electron chi connectivity index (χ0n) is 13.8. The van der Waals surface area contributed by atoms with Gasteiger partial charge in [0.1, 0.15) is 17.2 Å². The maximum Gasteiger partial charge on any atom is 1.00 e. The summed E-state index contributed by atoms with van der Waals surface area (Å²) in [4.78, 5) is 11.2. The van der Waals surface area contributed by atoms with Gasteiger partial charge in [0.2, 0.25) is 0 Å². The molecule has 0 spiro atoms. The predicted molar refractivity (Wildman–Crippen MR) is 83.7 cm³/mol. The van der Waals surface area contributed by atoms with Crippen molar-refractivity contribution < 1.29 is 98.4 Å². The number of ether oxygens (including phenoxy) is 2. The molecule has 2 rings (SSSR count). The average Bonchev–Trinajstić information content (AvgIpc) is 2.61. The Morgan fingerprint density at radius 1 is 0.917 bits per heavy atom. The summed E-state index contributed by atoms with van der Waals surface area (Å²) < 4.78 is 10.4. The standard InChI is InChI=1S/C16H16O3.CH2O3.Cs/c1-18-15-9-13(10-16(11-15)19-2)4-3-12-5-7-14(17)8-6-12;2-1-4-3;/h3-11,17H,1-2H3;1,3H;/q;;+1/p-1/b4-3+;;. The van der Waals surface area contributed by atoms with Crippen LogP contribution in [0.2, 0.25) is 0 Å². The van der Waals surface area contributed by atoms with Gasteiger partial charge in [0.25, 0.3) is 6.47 Å². The van der Waals surface area contributed by atoms with E-state index in [0.717, 1.165) is 22.6 Å². The number of phenols is 1. The third-order valence-electron chi connectivity index (χ3n) is 2.77. The molecule has 0 heterocycles. The number of methoxy groups -OCH3 is 2. The van der Waals surface area contributed by atoms with Crippen LogP contribution in [-0.2, 0) is 9.68 Å². The second kappa shape index (κ2) is 13.4. The van der Waals surface area contributed by atoms with Crippen LogP contribution in [0.1, 0.15) is 11.1 Å². The topological polar surface area (TPSA) is 88.0 Å². The van der Waals surface area contributed by atoms with Crippen molar-refractivity contribution in [2.45, 2.75) is 0 Å². The fourth-order valence-corrected chi connectivity index (χ4v) is 1.70. The van der Waals surface area contributed by atoms with Crippen molar-refractivity contribution >= 4 is 18.6 Å². The number of aromatic hydroxyl groups is 1. The van der Waals surface area contributed by atoms with Gasteiger partial charge in [0, 0.05) is 6.07 Å². The van der Waals surface area contributed by atoms with Crippen molar-refractivity contribution in [2.24, 2.45) is 0 Å². The number of benzene rings is 2. The summed E-state index contributed by atoms with van der Waals surface area (Å²) in [5.74, 6) is 1.77. The van der Waals surface area contributed by atoms with E-state index in [1.54, 1.807) is 26.4 Å². The Bertz CT molecular complexity index is 618. The number of hydrogen-bond acceptors (Lipinski definition) is 6. The summed E-state index contributed by atoms with van der Waals surface area (Å²) in [6.07, 6.45) is 3.94. The minimum absolute atomic E-state index is 0. The summed E-state index contributed by atoms with van der Waals surface area (Å²) >= 11 is 0.